The molecule has 0 aliphatic carbocycles. The number of ether oxygens (including phenoxy) is 1. The second-order valence-electron chi connectivity index (χ2n) is 4.72. The Balaban J connectivity index is 2.33. The minimum Gasteiger partial charge on any atom is -0.480 e. The Labute approximate surface area is 118 Å². The van der Waals surface area contributed by atoms with E-state index in [1.807, 2.05) is 6.92 Å². The third kappa shape index (κ3) is 5.16. The molecule has 0 aromatic carbocycles. The van der Waals surface area contributed by atoms with Crippen LogP contribution in [0.4, 0.5) is 0 Å². The number of nitrogens with zero attached hydrogens (tertiary/aromatic N) is 1. The molecule has 1 saturated heterocycles. The van der Waals surface area contributed by atoms with Crippen molar-refractivity contribution in [2.24, 2.45) is 0 Å². The van der Waals surface area contributed by atoms with E-state index in [-0.39, 0.29) is 37.8 Å². The van der Waals surface area contributed by atoms with Gasteiger partial charge in [0.15, 0.2) is 6.04 Å². The van der Waals surface area contributed by atoms with Gasteiger partial charge in [-0.3, -0.25) is 9.59 Å². The van der Waals surface area contributed by atoms with Crippen molar-refractivity contribution in [1.29, 1.82) is 0 Å². The standard InChI is InChI=1S/C13H22N2O5/c1-2-6-14-11(16)4-3-5-12(17)15-7-8-20-9-10(15)13(18)19/h10H,2-9H2,1H3,(H,14,16)(H,18,19). The van der Waals surface area contributed by atoms with Gasteiger partial charge in [-0.05, 0) is 12.8 Å². The zero-order valence-corrected chi connectivity index (χ0v) is 11.8. The molecule has 7 heteroatoms. The fourth-order valence-electron chi connectivity index (χ4n) is 2.00. The number of nitrogens with one attached hydrogen (secondary N) is 1. The zero-order valence-electron chi connectivity index (χ0n) is 11.8. The molecule has 1 fully saturated rings. The van der Waals surface area contributed by atoms with Crippen LogP contribution in [-0.2, 0) is 19.1 Å². The number of carboxylic acid groups (broad SMARTS) is 1. The highest BCUT2D eigenvalue weighted by atomic mass is 16.5. The molecule has 1 atom stereocenters. The Kier molecular flexibility index (Phi) is 7.00. The summed E-state index contributed by atoms with van der Waals surface area (Å²) >= 11 is 0. The van der Waals surface area contributed by atoms with Crippen molar-refractivity contribution in [3.63, 3.8) is 0 Å². The Morgan fingerprint density at radius 1 is 1.35 bits per heavy atom. The fourth-order valence-corrected chi connectivity index (χ4v) is 2.00. The number of hydrogen-bond donors (Lipinski definition) is 2. The van der Waals surface area contributed by atoms with Crippen LogP contribution < -0.4 is 5.32 Å². The van der Waals surface area contributed by atoms with Crippen LogP contribution >= 0.6 is 0 Å². The minimum atomic E-state index is -1.06. The summed E-state index contributed by atoms with van der Waals surface area (Å²) in [4.78, 5) is 35.7. The summed E-state index contributed by atoms with van der Waals surface area (Å²) < 4.78 is 5.07. The van der Waals surface area contributed by atoms with E-state index in [0.717, 1.165) is 6.42 Å². The van der Waals surface area contributed by atoms with Gasteiger partial charge < -0.3 is 20.1 Å². The summed E-state index contributed by atoms with van der Waals surface area (Å²) in [6.07, 6.45) is 1.77. The van der Waals surface area contributed by atoms with Gasteiger partial charge in [-0.15, -0.1) is 0 Å². The monoisotopic (exact) mass is 286 g/mol. The van der Waals surface area contributed by atoms with E-state index in [0.29, 0.717) is 19.6 Å². The molecule has 0 radical (unpaired) electrons. The van der Waals surface area contributed by atoms with E-state index >= 15 is 0 Å². The van der Waals surface area contributed by atoms with Gasteiger partial charge in [-0.25, -0.2) is 4.79 Å². The smallest absolute Gasteiger partial charge is 0.328 e. The summed E-state index contributed by atoms with van der Waals surface area (Å²) in [5.41, 5.74) is 0. The summed E-state index contributed by atoms with van der Waals surface area (Å²) in [5, 5.41) is 11.8. The van der Waals surface area contributed by atoms with E-state index in [1.54, 1.807) is 0 Å². The van der Waals surface area contributed by atoms with E-state index in [9.17, 15) is 14.4 Å². The Hall–Kier alpha value is -1.63. The number of carboxylic acids is 1. The summed E-state index contributed by atoms with van der Waals surface area (Å²) in [7, 11) is 0. The molecular formula is C13H22N2O5. The minimum absolute atomic E-state index is 0.0259. The first-order valence-electron chi connectivity index (χ1n) is 6.93. The molecule has 2 amide bonds. The molecule has 0 aromatic rings. The molecule has 1 aliphatic heterocycles. The van der Waals surface area contributed by atoms with Crippen molar-refractivity contribution in [3.05, 3.63) is 0 Å². The molecule has 1 heterocycles. The van der Waals surface area contributed by atoms with Gasteiger partial charge >= 0.3 is 5.97 Å². The largest absolute Gasteiger partial charge is 0.480 e. The van der Waals surface area contributed by atoms with Crippen molar-refractivity contribution in [3.8, 4) is 0 Å². The molecular weight excluding hydrogens is 264 g/mol. The van der Waals surface area contributed by atoms with Crippen LogP contribution in [-0.4, -0.2) is 60.1 Å². The van der Waals surface area contributed by atoms with Gasteiger partial charge in [-0.2, -0.15) is 0 Å². The van der Waals surface area contributed by atoms with Crippen LogP contribution in [0.2, 0.25) is 0 Å². The molecule has 0 bridgehead atoms. The van der Waals surface area contributed by atoms with Crippen LogP contribution in [0.15, 0.2) is 0 Å². The predicted molar refractivity (Wildman–Crippen MR) is 71.1 cm³/mol. The molecule has 2 N–H and O–H groups in total. The first-order valence-corrected chi connectivity index (χ1v) is 6.93. The van der Waals surface area contributed by atoms with Crippen molar-refractivity contribution in [2.75, 3.05) is 26.3 Å². The van der Waals surface area contributed by atoms with Gasteiger partial charge in [0.1, 0.15) is 0 Å². The third-order valence-electron chi connectivity index (χ3n) is 3.10. The summed E-state index contributed by atoms with van der Waals surface area (Å²) in [6.45, 7) is 3.27. The molecule has 1 aliphatic rings. The molecule has 0 spiro atoms. The molecule has 1 unspecified atom stereocenters. The number of morpholine rings is 1. The normalized spacial score (nSPS) is 18.6. The lowest BCUT2D eigenvalue weighted by molar-refractivity contribution is -0.158. The first-order chi connectivity index (χ1) is 9.56. The van der Waals surface area contributed by atoms with Crippen LogP contribution in [0.5, 0.6) is 0 Å². The average Bonchev–Trinajstić information content (AvgIpc) is 2.44. The lowest BCUT2D eigenvalue weighted by Gasteiger charge is -2.32. The summed E-state index contributed by atoms with van der Waals surface area (Å²) in [5.74, 6) is -1.36. The molecule has 0 saturated carbocycles. The second kappa shape index (κ2) is 8.52. The molecule has 114 valence electrons. The van der Waals surface area contributed by atoms with E-state index < -0.39 is 12.0 Å². The van der Waals surface area contributed by atoms with Gasteiger partial charge in [0.2, 0.25) is 11.8 Å². The van der Waals surface area contributed by atoms with E-state index in [1.165, 1.54) is 4.90 Å². The number of aliphatic carboxylic acids is 1. The highest BCUT2D eigenvalue weighted by Gasteiger charge is 2.32. The maximum Gasteiger partial charge on any atom is 0.328 e. The SMILES string of the molecule is CCCNC(=O)CCCC(=O)N1CCOCC1C(=O)O. The van der Waals surface area contributed by atoms with Gasteiger partial charge in [-0.1, -0.05) is 6.92 Å². The third-order valence-corrected chi connectivity index (χ3v) is 3.10. The maximum atomic E-state index is 12.0. The van der Waals surface area contributed by atoms with Gasteiger partial charge in [0.05, 0.1) is 13.2 Å². The molecule has 20 heavy (non-hydrogen) atoms. The number of carbonyl (C=O) groups excluding carboxylic acids is 2. The predicted octanol–water partition coefficient (Wildman–Crippen LogP) is -0.00510. The molecule has 1 rings (SSSR count). The first kappa shape index (κ1) is 16.4. The van der Waals surface area contributed by atoms with Crippen LogP contribution in [0, 0.1) is 0 Å². The topological polar surface area (TPSA) is 95.9 Å². The number of hydrogen-bond acceptors (Lipinski definition) is 4. The molecule has 7 nitrogen and oxygen atoms in total. The number of amides is 2. The Morgan fingerprint density at radius 2 is 2.10 bits per heavy atom. The van der Waals surface area contributed by atoms with E-state index in [4.69, 9.17) is 9.84 Å². The fraction of sp³-hybridized carbons (Fsp3) is 0.769. The Morgan fingerprint density at radius 3 is 2.75 bits per heavy atom. The second-order valence-corrected chi connectivity index (χ2v) is 4.72. The highest BCUT2D eigenvalue weighted by molar-refractivity contribution is 5.84. The van der Waals surface area contributed by atoms with Crippen LogP contribution in [0.25, 0.3) is 0 Å². The quantitative estimate of drug-likeness (QED) is 0.686. The average molecular weight is 286 g/mol. The van der Waals surface area contributed by atoms with E-state index in [2.05, 4.69) is 5.32 Å². The van der Waals surface area contributed by atoms with Crippen molar-refractivity contribution < 1.29 is 24.2 Å². The van der Waals surface area contributed by atoms with Crippen LogP contribution in [0.3, 0.4) is 0 Å². The van der Waals surface area contributed by atoms with Crippen molar-refractivity contribution in [2.45, 2.75) is 38.6 Å². The van der Waals surface area contributed by atoms with Crippen molar-refractivity contribution in [1.82, 2.24) is 10.2 Å². The lowest BCUT2D eigenvalue weighted by atomic mass is 10.1. The zero-order chi connectivity index (χ0) is 15.0. The van der Waals surface area contributed by atoms with Gasteiger partial charge in [0.25, 0.3) is 0 Å². The maximum absolute atomic E-state index is 12.0. The summed E-state index contributed by atoms with van der Waals surface area (Å²) in [6, 6.07) is -0.912. The highest BCUT2D eigenvalue weighted by Crippen LogP contribution is 2.11. The molecule has 0 aromatic heterocycles. The lowest BCUT2D eigenvalue weighted by Crippen LogP contribution is -2.52. The number of rotatable bonds is 7. The van der Waals surface area contributed by atoms with Crippen molar-refractivity contribution >= 4 is 17.8 Å². The Bertz CT molecular complexity index is 359. The van der Waals surface area contributed by atoms with Crippen LogP contribution in [0.1, 0.15) is 32.6 Å². The number of carbonyl (C=O) groups is 3. The van der Waals surface area contributed by atoms with Gasteiger partial charge in [0, 0.05) is 25.9 Å².